The van der Waals surface area contributed by atoms with Gasteiger partial charge in [-0.25, -0.2) is 0 Å². The Morgan fingerprint density at radius 1 is 0.750 bits per heavy atom. The summed E-state index contributed by atoms with van der Waals surface area (Å²) < 4.78 is 11.0. The lowest BCUT2D eigenvalue weighted by atomic mass is 10.4. The molecule has 0 saturated carbocycles. The minimum absolute atomic E-state index is 0.156. The third kappa shape index (κ3) is 92.2. The van der Waals surface area contributed by atoms with Crippen molar-refractivity contribution in [3.05, 3.63) is 0 Å². The molecule has 0 heterocycles. The molecule has 12 heavy (non-hydrogen) atoms. The first-order valence-electron chi connectivity index (χ1n) is 5.30. The van der Waals surface area contributed by atoms with Crippen molar-refractivity contribution in [1.82, 2.24) is 0 Å². The molecule has 0 nitrogen and oxygen atoms in total. The molecule has 0 atom stereocenters. The van der Waals surface area contributed by atoms with E-state index in [1.54, 1.807) is 0 Å². The summed E-state index contributed by atoms with van der Waals surface area (Å²) in [6, 6.07) is 0. The number of unbranched alkanes of at least 4 members (excludes halogenated alkanes) is 2. The van der Waals surface area contributed by atoms with Crippen LogP contribution < -0.4 is 0 Å². The van der Waals surface area contributed by atoms with Crippen LogP contribution in [0.1, 0.15) is 66.7 Å². The molecule has 0 spiro atoms. The van der Waals surface area contributed by atoms with Crippen LogP contribution in [0, 0.1) is 0 Å². The molecule has 0 saturated heterocycles. The minimum atomic E-state index is -0.156. The zero-order valence-corrected chi connectivity index (χ0v) is 9.62. The van der Waals surface area contributed by atoms with Crippen LogP contribution in [-0.2, 0) is 0 Å². The highest BCUT2D eigenvalue weighted by Gasteiger charge is 1.71. The minimum Gasteiger partial charge on any atom is -0.251 e. The number of hydrogen-bond acceptors (Lipinski definition) is 0. The van der Waals surface area contributed by atoms with Crippen LogP contribution in [-0.4, -0.2) is 6.67 Å². The second kappa shape index (κ2) is 30.6. The second-order valence-electron chi connectivity index (χ2n) is 2.75. The van der Waals surface area contributed by atoms with E-state index in [2.05, 4.69) is 27.7 Å². The van der Waals surface area contributed by atoms with Crippen LogP contribution >= 0.6 is 0 Å². The second-order valence-corrected chi connectivity index (χ2v) is 2.75. The fourth-order valence-electron chi connectivity index (χ4n) is 0.134. The van der Waals surface area contributed by atoms with Crippen molar-refractivity contribution in [2.45, 2.75) is 66.7 Å². The van der Waals surface area contributed by atoms with E-state index in [-0.39, 0.29) is 6.67 Å². The van der Waals surface area contributed by atoms with E-state index in [9.17, 15) is 4.39 Å². The highest BCUT2D eigenvalue weighted by atomic mass is 19.1. The van der Waals surface area contributed by atoms with Crippen LogP contribution in [0.5, 0.6) is 0 Å². The van der Waals surface area contributed by atoms with Gasteiger partial charge in [-0.3, -0.25) is 4.39 Å². The van der Waals surface area contributed by atoms with E-state index in [1.807, 2.05) is 6.92 Å². The van der Waals surface area contributed by atoms with E-state index in [0.717, 1.165) is 12.8 Å². The van der Waals surface area contributed by atoms with Gasteiger partial charge in [0.05, 0.1) is 6.67 Å². The number of hydrogen-bond donors (Lipinski definition) is 0. The Morgan fingerprint density at radius 2 is 1.08 bits per heavy atom. The smallest absolute Gasteiger partial charge is 0.0894 e. The molecule has 1 heteroatoms. The fraction of sp³-hybridized carbons (Fsp3) is 1.00. The largest absolute Gasteiger partial charge is 0.251 e. The molecule has 0 aliphatic heterocycles. The molecule has 0 aliphatic carbocycles. The Labute approximate surface area is 78.6 Å². The predicted molar refractivity (Wildman–Crippen MR) is 57.4 cm³/mol. The first-order chi connectivity index (χ1) is 5.74. The SMILES string of the molecule is CCC.CCCC.CCCCF. The molecule has 0 aliphatic rings. The van der Waals surface area contributed by atoms with Gasteiger partial charge >= 0.3 is 0 Å². The molecule has 0 unspecified atom stereocenters. The van der Waals surface area contributed by atoms with Crippen LogP contribution in [0.4, 0.5) is 4.39 Å². The van der Waals surface area contributed by atoms with Crippen molar-refractivity contribution >= 4 is 0 Å². The Hall–Kier alpha value is -0.0700. The van der Waals surface area contributed by atoms with Gasteiger partial charge in [0.1, 0.15) is 0 Å². The summed E-state index contributed by atoms with van der Waals surface area (Å²) in [6.45, 7) is 10.4. The van der Waals surface area contributed by atoms with Gasteiger partial charge in [-0.1, -0.05) is 60.3 Å². The maximum atomic E-state index is 11.0. The molecule has 0 aromatic rings. The van der Waals surface area contributed by atoms with Gasteiger partial charge in [-0.05, 0) is 6.42 Å². The molecular formula is C11H27F. The number of rotatable bonds is 3. The molecule has 0 amide bonds. The normalized spacial score (nSPS) is 7.50. The third-order valence-electron chi connectivity index (χ3n) is 0.987. The van der Waals surface area contributed by atoms with E-state index < -0.39 is 0 Å². The van der Waals surface area contributed by atoms with Crippen molar-refractivity contribution in [3.63, 3.8) is 0 Å². The Bertz CT molecular complexity index is 32.0. The topological polar surface area (TPSA) is 0 Å². The van der Waals surface area contributed by atoms with Crippen molar-refractivity contribution < 1.29 is 4.39 Å². The maximum Gasteiger partial charge on any atom is 0.0894 e. The molecular weight excluding hydrogens is 151 g/mol. The number of halogens is 1. The van der Waals surface area contributed by atoms with Crippen molar-refractivity contribution in [1.29, 1.82) is 0 Å². The summed E-state index contributed by atoms with van der Waals surface area (Å²) in [7, 11) is 0. The van der Waals surface area contributed by atoms with Crippen LogP contribution in [0.15, 0.2) is 0 Å². The third-order valence-corrected chi connectivity index (χ3v) is 0.987. The molecule has 0 aromatic heterocycles. The monoisotopic (exact) mass is 178 g/mol. The summed E-state index contributed by atoms with van der Waals surface area (Å²) in [5.41, 5.74) is 0. The zero-order valence-electron chi connectivity index (χ0n) is 9.62. The van der Waals surface area contributed by atoms with Crippen molar-refractivity contribution in [2.24, 2.45) is 0 Å². The summed E-state index contributed by atoms with van der Waals surface area (Å²) >= 11 is 0. The molecule has 0 bridgehead atoms. The molecule has 0 radical (unpaired) electrons. The Kier molecular flexibility index (Phi) is 45.6. The summed E-state index contributed by atoms with van der Waals surface area (Å²) in [5.74, 6) is 0. The average molecular weight is 178 g/mol. The molecule has 0 fully saturated rings. The molecule has 0 aromatic carbocycles. The Morgan fingerprint density at radius 3 is 1.08 bits per heavy atom. The fourth-order valence-corrected chi connectivity index (χ4v) is 0.134. The van der Waals surface area contributed by atoms with Gasteiger partial charge in [0.15, 0.2) is 0 Å². The van der Waals surface area contributed by atoms with Crippen molar-refractivity contribution in [2.75, 3.05) is 6.67 Å². The quantitative estimate of drug-likeness (QED) is 0.572. The first-order valence-corrected chi connectivity index (χ1v) is 5.30. The molecule has 0 N–H and O–H groups in total. The standard InChI is InChI=1S/C4H9F.C4H10.C3H8/c1-2-3-4-5;1-3-4-2;1-3-2/h2-4H2,1H3;3-4H2,1-2H3;3H2,1-2H3. The van der Waals surface area contributed by atoms with E-state index >= 15 is 0 Å². The lowest BCUT2D eigenvalue weighted by molar-refractivity contribution is 0.469. The summed E-state index contributed by atoms with van der Waals surface area (Å²) in [6.07, 6.45) is 5.58. The highest BCUT2D eigenvalue weighted by molar-refractivity contribution is 4.23. The van der Waals surface area contributed by atoms with Gasteiger partial charge in [-0.2, -0.15) is 0 Å². The van der Waals surface area contributed by atoms with E-state index in [4.69, 9.17) is 0 Å². The lowest BCUT2D eigenvalue weighted by Gasteiger charge is -1.76. The predicted octanol–water partition coefficient (Wildman–Crippen LogP) is 4.98. The zero-order chi connectivity index (χ0) is 10.2. The maximum absolute atomic E-state index is 11.0. The van der Waals surface area contributed by atoms with Crippen LogP contribution in [0.25, 0.3) is 0 Å². The summed E-state index contributed by atoms with van der Waals surface area (Å²) in [4.78, 5) is 0. The van der Waals surface area contributed by atoms with E-state index in [1.165, 1.54) is 19.3 Å². The van der Waals surface area contributed by atoms with Gasteiger partial charge in [0, 0.05) is 0 Å². The highest BCUT2D eigenvalue weighted by Crippen LogP contribution is 1.83. The van der Waals surface area contributed by atoms with Crippen molar-refractivity contribution in [3.8, 4) is 0 Å². The Balaban J connectivity index is -0.000000105. The van der Waals surface area contributed by atoms with Crippen LogP contribution in [0.2, 0.25) is 0 Å². The van der Waals surface area contributed by atoms with E-state index in [0.29, 0.717) is 0 Å². The lowest BCUT2D eigenvalue weighted by Crippen LogP contribution is -1.67. The molecule has 0 rings (SSSR count). The van der Waals surface area contributed by atoms with Gasteiger partial charge in [-0.15, -0.1) is 0 Å². The van der Waals surface area contributed by atoms with Gasteiger partial charge in [0.2, 0.25) is 0 Å². The number of alkyl halides is 1. The first kappa shape index (κ1) is 17.9. The van der Waals surface area contributed by atoms with Gasteiger partial charge < -0.3 is 0 Å². The average Bonchev–Trinajstić information content (AvgIpc) is 2.08. The molecule has 78 valence electrons. The van der Waals surface area contributed by atoms with Crippen LogP contribution in [0.3, 0.4) is 0 Å². The van der Waals surface area contributed by atoms with Gasteiger partial charge in [0.25, 0.3) is 0 Å². The summed E-state index contributed by atoms with van der Waals surface area (Å²) in [5, 5.41) is 0.